The zero-order valence-corrected chi connectivity index (χ0v) is 14.2. The van der Waals surface area contributed by atoms with Crippen LogP contribution in [0.4, 0.5) is 17.6 Å². The van der Waals surface area contributed by atoms with Gasteiger partial charge in [0.05, 0.1) is 12.6 Å². The van der Waals surface area contributed by atoms with Gasteiger partial charge in [0.25, 0.3) is 0 Å². The Hall–Kier alpha value is -2.41. The molecule has 1 atom stereocenters. The molecule has 0 saturated heterocycles. The van der Waals surface area contributed by atoms with E-state index in [1.807, 2.05) is 36.5 Å². The normalized spacial score (nSPS) is 12.7. The maximum Gasteiger partial charge on any atom is 0.405 e. The van der Waals surface area contributed by atoms with Gasteiger partial charge in [-0.05, 0) is 35.2 Å². The van der Waals surface area contributed by atoms with Crippen LogP contribution in [0.15, 0.2) is 48.5 Å². The van der Waals surface area contributed by atoms with E-state index in [0.717, 1.165) is 17.5 Å². The maximum atomic E-state index is 13.6. The Morgan fingerprint density at radius 2 is 1.77 bits per heavy atom. The number of benzene rings is 2. The number of hydrogen-bond acceptors (Lipinski definition) is 2. The first kappa shape index (κ1) is 19.9. The Balaban J connectivity index is 2.14. The molecule has 1 amide bonds. The van der Waals surface area contributed by atoms with E-state index in [1.54, 1.807) is 12.1 Å². The predicted molar refractivity (Wildman–Crippen MR) is 91.1 cm³/mol. The van der Waals surface area contributed by atoms with Crippen molar-refractivity contribution in [1.82, 2.24) is 10.6 Å². The van der Waals surface area contributed by atoms with Crippen molar-refractivity contribution in [1.29, 1.82) is 0 Å². The van der Waals surface area contributed by atoms with Gasteiger partial charge in [0.1, 0.15) is 12.4 Å². The third kappa shape index (κ3) is 6.15. The lowest BCUT2D eigenvalue weighted by Crippen LogP contribution is -2.40. The lowest BCUT2D eigenvalue weighted by atomic mass is 9.97. The van der Waals surface area contributed by atoms with Gasteiger partial charge in [-0.2, -0.15) is 13.2 Å². The average Bonchev–Trinajstić information content (AvgIpc) is 2.60. The zero-order chi connectivity index (χ0) is 19.2. The predicted octanol–water partition coefficient (Wildman–Crippen LogP) is 3.75. The van der Waals surface area contributed by atoms with E-state index in [-0.39, 0.29) is 6.54 Å². The van der Waals surface area contributed by atoms with Crippen molar-refractivity contribution in [3.8, 4) is 0 Å². The number of carbonyl (C=O) groups excluding carboxylic acids is 1. The molecular formula is C19H20F4N2O. The average molecular weight is 368 g/mol. The first-order valence-corrected chi connectivity index (χ1v) is 8.19. The summed E-state index contributed by atoms with van der Waals surface area (Å²) in [6.07, 6.45) is -3.61. The molecule has 0 saturated carbocycles. The van der Waals surface area contributed by atoms with Crippen LogP contribution in [0.2, 0.25) is 0 Å². The van der Waals surface area contributed by atoms with Crippen LogP contribution in [0.1, 0.15) is 29.7 Å². The van der Waals surface area contributed by atoms with Crippen molar-refractivity contribution in [2.24, 2.45) is 0 Å². The molecule has 7 heteroatoms. The minimum atomic E-state index is -4.46. The Labute approximate surface area is 149 Å². The van der Waals surface area contributed by atoms with Crippen molar-refractivity contribution in [3.63, 3.8) is 0 Å². The van der Waals surface area contributed by atoms with Crippen LogP contribution in [-0.2, 0) is 11.2 Å². The van der Waals surface area contributed by atoms with E-state index in [2.05, 4.69) is 5.32 Å². The number of hydrogen-bond donors (Lipinski definition) is 2. The molecule has 2 N–H and O–H groups in total. The molecule has 0 aliphatic rings. The quantitative estimate of drug-likeness (QED) is 0.731. The number of halogens is 4. The fourth-order valence-electron chi connectivity index (χ4n) is 2.52. The third-order valence-corrected chi connectivity index (χ3v) is 3.86. The van der Waals surface area contributed by atoms with E-state index in [1.165, 1.54) is 12.1 Å². The number of alkyl halides is 3. The SMILES string of the molecule is CCc1ccc([C@@H](NCC(=O)NCC(F)(F)F)c2cccc(F)c2)cc1. The summed E-state index contributed by atoms with van der Waals surface area (Å²) in [4.78, 5) is 11.7. The van der Waals surface area contributed by atoms with Crippen LogP contribution in [0, 0.1) is 5.82 Å². The van der Waals surface area contributed by atoms with Crippen molar-refractivity contribution >= 4 is 5.91 Å². The van der Waals surface area contributed by atoms with Gasteiger partial charge in [-0.3, -0.25) is 10.1 Å². The van der Waals surface area contributed by atoms with Gasteiger partial charge in [-0.25, -0.2) is 4.39 Å². The fourth-order valence-corrected chi connectivity index (χ4v) is 2.52. The van der Waals surface area contributed by atoms with Gasteiger partial charge in [0.2, 0.25) is 5.91 Å². The van der Waals surface area contributed by atoms with E-state index in [9.17, 15) is 22.4 Å². The van der Waals surface area contributed by atoms with Crippen molar-refractivity contribution in [3.05, 3.63) is 71.0 Å². The second-order valence-corrected chi connectivity index (χ2v) is 5.86. The molecule has 0 aliphatic carbocycles. The number of carbonyl (C=O) groups is 1. The van der Waals surface area contributed by atoms with Crippen LogP contribution in [0.5, 0.6) is 0 Å². The first-order valence-electron chi connectivity index (χ1n) is 8.19. The van der Waals surface area contributed by atoms with Gasteiger partial charge in [-0.1, -0.05) is 43.3 Å². The molecule has 0 aromatic heterocycles. The van der Waals surface area contributed by atoms with Crippen molar-refractivity contribution in [2.75, 3.05) is 13.1 Å². The second-order valence-electron chi connectivity index (χ2n) is 5.86. The maximum absolute atomic E-state index is 13.6. The van der Waals surface area contributed by atoms with Gasteiger partial charge < -0.3 is 5.32 Å². The molecule has 26 heavy (non-hydrogen) atoms. The Morgan fingerprint density at radius 3 is 2.35 bits per heavy atom. The zero-order valence-electron chi connectivity index (χ0n) is 14.2. The highest BCUT2D eigenvalue weighted by molar-refractivity contribution is 5.78. The molecule has 0 fully saturated rings. The highest BCUT2D eigenvalue weighted by atomic mass is 19.4. The number of aryl methyl sites for hydroxylation is 1. The summed E-state index contributed by atoms with van der Waals surface area (Å²) in [5.74, 6) is -1.21. The second kappa shape index (κ2) is 8.80. The van der Waals surface area contributed by atoms with Crippen molar-refractivity contribution in [2.45, 2.75) is 25.6 Å². The molecule has 0 radical (unpaired) electrons. The van der Waals surface area contributed by atoms with Gasteiger partial charge in [0, 0.05) is 0 Å². The third-order valence-electron chi connectivity index (χ3n) is 3.86. The Bertz CT molecular complexity index is 729. The minimum absolute atomic E-state index is 0.327. The summed E-state index contributed by atoms with van der Waals surface area (Å²) in [5, 5.41) is 4.72. The number of rotatable bonds is 7. The fraction of sp³-hybridized carbons (Fsp3) is 0.316. The molecule has 3 nitrogen and oxygen atoms in total. The van der Waals surface area contributed by atoms with E-state index < -0.39 is 30.5 Å². The topological polar surface area (TPSA) is 41.1 Å². The lowest BCUT2D eigenvalue weighted by molar-refractivity contribution is -0.137. The van der Waals surface area contributed by atoms with Crippen LogP contribution in [0.25, 0.3) is 0 Å². The summed E-state index contributed by atoms with van der Waals surface area (Å²) < 4.78 is 50.1. The molecule has 0 unspecified atom stereocenters. The summed E-state index contributed by atoms with van der Waals surface area (Å²) >= 11 is 0. The summed E-state index contributed by atoms with van der Waals surface area (Å²) in [5.41, 5.74) is 2.49. The molecule has 0 spiro atoms. The molecule has 0 bridgehead atoms. The summed E-state index contributed by atoms with van der Waals surface area (Å²) in [6, 6.07) is 12.9. The Kier molecular flexibility index (Phi) is 6.74. The van der Waals surface area contributed by atoms with Gasteiger partial charge in [-0.15, -0.1) is 0 Å². The van der Waals surface area contributed by atoms with Crippen molar-refractivity contribution < 1.29 is 22.4 Å². The molecule has 0 aliphatic heterocycles. The van der Waals surface area contributed by atoms with Crippen LogP contribution in [-0.4, -0.2) is 25.2 Å². The molecule has 140 valence electrons. The van der Waals surface area contributed by atoms with Crippen LogP contribution >= 0.6 is 0 Å². The van der Waals surface area contributed by atoms with Crippen LogP contribution in [0.3, 0.4) is 0 Å². The highest BCUT2D eigenvalue weighted by Gasteiger charge is 2.27. The minimum Gasteiger partial charge on any atom is -0.346 e. The van der Waals surface area contributed by atoms with Gasteiger partial charge in [0.15, 0.2) is 0 Å². The molecule has 2 aromatic carbocycles. The summed E-state index contributed by atoms with van der Waals surface area (Å²) in [6.45, 7) is 0.304. The molecule has 2 aromatic rings. The first-order chi connectivity index (χ1) is 12.3. The van der Waals surface area contributed by atoms with E-state index in [0.29, 0.717) is 5.56 Å². The molecule has 0 heterocycles. The summed E-state index contributed by atoms with van der Waals surface area (Å²) in [7, 11) is 0. The standard InChI is InChI=1S/C19H20F4N2O/c1-2-13-6-8-14(9-7-13)18(15-4-3-5-16(20)10-15)24-11-17(26)25-12-19(21,22)23/h3-10,18,24H,2,11-12H2,1H3,(H,25,26)/t18-/m1/s1. The smallest absolute Gasteiger partial charge is 0.346 e. The largest absolute Gasteiger partial charge is 0.405 e. The number of amides is 1. The lowest BCUT2D eigenvalue weighted by Gasteiger charge is -2.20. The Morgan fingerprint density at radius 1 is 1.08 bits per heavy atom. The molecule has 2 rings (SSSR count). The monoisotopic (exact) mass is 368 g/mol. The van der Waals surface area contributed by atoms with Crippen LogP contribution < -0.4 is 10.6 Å². The number of nitrogens with one attached hydrogen (secondary N) is 2. The van der Waals surface area contributed by atoms with E-state index >= 15 is 0 Å². The van der Waals surface area contributed by atoms with E-state index in [4.69, 9.17) is 0 Å². The highest BCUT2D eigenvalue weighted by Crippen LogP contribution is 2.23. The molecular weight excluding hydrogens is 348 g/mol. The van der Waals surface area contributed by atoms with Gasteiger partial charge >= 0.3 is 6.18 Å².